The zero-order chi connectivity index (χ0) is 13.2. The molecule has 0 aliphatic rings. The van der Waals surface area contributed by atoms with Gasteiger partial charge in [0.2, 0.25) is 0 Å². The van der Waals surface area contributed by atoms with E-state index in [-0.39, 0.29) is 0 Å². The number of furan rings is 1. The number of rotatable bonds is 3. The Kier molecular flexibility index (Phi) is 2.91. The lowest BCUT2D eigenvalue weighted by Crippen LogP contribution is -2.03. The topological polar surface area (TPSA) is 51.0 Å². The molecular weight excluding hydrogens is 238 g/mol. The molecule has 0 amide bonds. The van der Waals surface area contributed by atoms with Crippen molar-refractivity contribution >= 4 is 16.8 Å². The highest BCUT2D eigenvalue weighted by atomic mass is 16.3. The van der Waals surface area contributed by atoms with E-state index in [1.54, 1.807) is 6.33 Å². The van der Waals surface area contributed by atoms with Gasteiger partial charge in [0.15, 0.2) is 5.76 Å². The standard InChI is InChI=1S/C15H15N3O/c1-3-16-15-10(2)14(17-9-18-15)13-8-11-6-4-5-7-12(11)19-13/h4-9H,3H2,1-2H3,(H,16,17,18). The van der Waals surface area contributed by atoms with Crippen LogP contribution in [-0.4, -0.2) is 16.5 Å². The molecule has 0 saturated carbocycles. The van der Waals surface area contributed by atoms with Gasteiger partial charge in [0, 0.05) is 17.5 Å². The molecule has 2 heterocycles. The maximum atomic E-state index is 5.85. The van der Waals surface area contributed by atoms with Gasteiger partial charge in [-0.25, -0.2) is 9.97 Å². The summed E-state index contributed by atoms with van der Waals surface area (Å²) in [6, 6.07) is 9.97. The second-order valence-corrected chi connectivity index (χ2v) is 4.37. The van der Waals surface area contributed by atoms with Crippen LogP contribution >= 0.6 is 0 Å². The van der Waals surface area contributed by atoms with Crippen LogP contribution in [0, 0.1) is 6.92 Å². The number of aromatic nitrogens is 2. The Morgan fingerprint density at radius 3 is 2.84 bits per heavy atom. The number of fused-ring (bicyclic) bond motifs is 1. The van der Waals surface area contributed by atoms with Crippen molar-refractivity contribution in [3.05, 3.63) is 42.2 Å². The first kappa shape index (κ1) is 11.7. The van der Waals surface area contributed by atoms with E-state index in [9.17, 15) is 0 Å². The maximum absolute atomic E-state index is 5.85. The van der Waals surface area contributed by atoms with Crippen molar-refractivity contribution in [3.63, 3.8) is 0 Å². The lowest BCUT2D eigenvalue weighted by molar-refractivity contribution is 0.627. The van der Waals surface area contributed by atoms with E-state index >= 15 is 0 Å². The van der Waals surface area contributed by atoms with E-state index in [1.807, 2.05) is 44.2 Å². The van der Waals surface area contributed by atoms with Crippen molar-refractivity contribution in [2.24, 2.45) is 0 Å². The molecule has 0 unspecified atom stereocenters. The quantitative estimate of drug-likeness (QED) is 0.774. The highest BCUT2D eigenvalue weighted by Gasteiger charge is 2.12. The molecule has 4 nitrogen and oxygen atoms in total. The third kappa shape index (κ3) is 2.05. The maximum Gasteiger partial charge on any atom is 0.154 e. The predicted octanol–water partition coefficient (Wildman–Crippen LogP) is 3.63. The lowest BCUT2D eigenvalue weighted by atomic mass is 10.2. The molecule has 96 valence electrons. The van der Waals surface area contributed by atoms with Gasteiger partial charge in [0.05, 0.1) is 0 Å². The van der Waals surface area contributed by atoms with E-state index in [4.69, 9.17) is 4.42 Å². The number of nitrogens with zero attached hydrogens (tertiary/aromatic N) is 2. The molecule has 0 aliphatic heterocycles. The van der Waals surface area contributed by atoms with Crippen LogP contribution in [0.15, 0.2) is 41.1 Å². The van der Waals surface area contributed by atoms with Crippen molar-refractivity contribution in [3.8, 4) is 11.5 Å². The van der Waals surface area contributed by atoms with E-state index < -0.39 is 0 Å². The Labute approximate surface area is 111 Å². The van der Waals surface area contributed by atoms with Gasteiger partial charge in [-0.2, -0.15) is 0 Å². The first-order valence-electron chi connectivity index (χ1n) is 6.34. The summed E-state index contributed by atoms with van der Waals surface area (Å²) < 4.78 is 5.85. The van der Waals surface area contributed by atoms with E-state index in [0.29, 0.717) is 0 Å². The molecule has 19 heavy (non-hydrogen) atoms. The van der Waals surface area contributed by atoms with E-state index in [2.05, 4.69) is 15.3 Å². The first-order valence-corrected chi connectivity index (χ1v) is 6.34. The summed E-state index contributed by atoms with van der Waals surface area (Å²) in [5.41, 5.74) is 2.71. The molecule has 3 aromatic rings. The van der Waals surface area contributed by atoms with Gasteiger partial charge in [-0.15, -0.1) is 0 Å². The van der Waals surface area contributed by atoms with E-state index in [0.717, 1.165) is 40.3 Å². The van der Waals surface area contributed by atoms with Crippen molar-refractivity contribution in [1.29, 1.82) is 0 Å². The Balaban J connectivity index is 2.13. The second-order valence-electron chi connectivity index (χ2n) is 4.37. The minimum absolute atomic E-state index is 0.778. The summed E-state index contributed by atoms with van der Waals surface area (Å²) in [7, 11) is 0. The van der Waals surface area contributed by atoms with Crippen LogP contribution in [-0.2, 0) is 0 Å². The fourth-order valence-electron chi connectivity index (χ4n) is 2.14. The highest BCUT2D eigenvalue weighted by molar-refractivity contribution is 5.83. The number of hydrogen-bond acceptors (Lipinski definition) is 4. The molecule has 3 rings (SSSR count). The number of nitrogens with one attached hydrogen (secondary N) is 1. The number of anilines is 1. The number of para-hydroxylation sites is 1. The third-order valence-electron chi connectivity index (χ3n) is 3.09. The molecule has 0 radical (unpaired) electrons. The minimum Gasteiger partial charge on any atom is -0.454 e. The molecule has 0 aliphatic carbocycles. The van der Waals surface area contributed by atoms with Gasteiger partial charge in [0.25, 0.3) is 0 Å². The zero-order valence-corrected chi connectivity index (χ0v) is 11.0. The fourth-order valence-corrected chi connectivity index (χ4v) is 2.14. The molecule has 1 aromatic carbocycles. The number of benzene rings is 1. The summed E-state index contributed by atoms with van der Waals surface area (Å²) in [5.74, 6) is 1.63. The van der Waals surface area contributed by atoms with Gasteiger partial charge >= 0.3 is 0 Å². The van der Waals surface area contributed by atoms with Crippen LogP contribution in [0.2, 0.25) is 0 Å². The van der Waals surface area contributed by atoms with Crippen LogP contribution in [0.25, 0.3) is 22.4 Å². The molecule has 0 spiro atoms. The van der Waals surface area contributed by atoms with Gasteiger partial charge in [0.1, 0.15) is 23.4 Å². The van der Waals surface area contributed by atoms with Crippen molar-refractivity contribution in [1.82, 2.24) is 9.97 Å². The molecule has 0 saturated heterocycles. The van der Waals surface area contributed by atoms with Crippen LogP contribution < -0.4 is 5.32 Å². The number of hydrogen-bond donors (Lipinski definition) is 1. The average molecular weight is 253 g/mol. The van der Waals surface area contributed by atoms with Gasteiger partial charge < -0.3 is 9.73 Å². The fraction of sp³-hybridized carbons (Fsp3) is 0.200. The Morgan fingerprint density at radius 2 is 2.05 bits per heavy atom. The third-order valence-corrected chi connectivity index (χ3v) is 3.09. The highest BCUT2D eigenvalue weighted by Crippen LogP contribution is 2.30. The summed E-state index contributed by atoms with van der Waals surface area (Å²) >= 11 is 0. The predicted molar refractivity (Wildman–Crippen MR) is 76.1 cm³/mol. The molecule has 2 aromatic heterocycles. The van der Waals surface area contributed by atoms with Crippen LogP contribution in [0.4, 0.5) is 5.82 Å². The molecule has 4 heteroatoms. The minimum atomic E-state index is 0.778. The largest absolute Gasteiger partial charge is 0.454 e. The first-order chi connectivity index (χ1) is 9.29. The van der Waals surface area contributed by atoms with Crippen LogP contribution in [0.5, 0.6) is 0 Å². The molecule has 0 bridgehead atoms. The summed E-state index contributed by atoms with van der Waals surface area (Å²) in [6.45, 7) is 4.88. The molecule has 1 N–H and O–H groups in total. The summed E-state index contributed by atoms with van der Waals surface area (Å²) in [4.78, 5) is 8.59. The van der Waals surface area contributed by atoms with E-state index in [1.165, 1.54) is 0 Å². The normalized spacial score (nSPS) is 10.8. The smallest absolute Gasteiger partial charge is 0.154 e. The van der Waals surface area contributed by atoms with Crippen molar-refractivity contribution in [2.75, 3.05) is 11.9 Å². The second kappa shape index (κ2) is 4.72. The van der Waals surface area contributed by atoms with Gasteiger partial charge in [-0.05, 0) is 26.0 Å². The van der Waals surface area contributed by atoms with Crippen molar-refractivity contribution < 1.29 is 4.42 Å². The Bertz CT molecular complexity index is 685. The monoisotopic (exact) mass is 253 g/mol. The molecule has 0 atom stereocenters. The Hall–Kier alpha value is -2.36. The average Bonchev–Trinajstić information content (AvgIpc) is 2.85. The van der Waals surface area contributed by atoms with Crippen LogP contribution in [0.3, 0.4) is 0 Å². The summed E-state index contributed by atoms with van der Waals surface area (Å²) in [6.07, 6.45) is 1.56. The molecular formula is C15H15N3O. The zero-order valence-electron chi connectivity index (χ0n) is 11.0. The Morgan fingerprint density at radius 1 is 1.21 bits per heavy atom. The SMILES string of the molecule is CCNc1ncnc(-c2cc3ccccc3o2)c1C. The van der Waals surface area contributed by atoms with Crippen LogP contribution in [0.1, 0.15) is 12.5 Å². The van der Waals surface area contributed by atoms with Crippen molar-refractivity contribution in [2.45, 2.75) is 13.8 Å². The van der Waals surface area contributed by atoms with Gasteiger partial charge in [-0.1, -0.05) is 18.2 Å². The molecule has 0 fully saturated rings. The summed E-state index contributed by atoms with van der Waals surface area (Å²) in [5, 5.41) is 4.31. The van der Waals surface area contributed by atoms with Gasteiger partial charge in [-0.3, -0.25) is 0 Å². The lowest BCUT2D eigenvalue weighted by Gasteiger charge is -2.08.